The average molecular weight is 274 g/mol. The second kappa shape index (κ2) is 5.00. The van der Waals surface area contributed by atoms with Crippen LogP contribution in [0.4, 0.5) is 0 Å². The molecule has 5 heteroatoms. The van der Waals surface area contributed by atoms with E-state index >= 15 is 0 Å². The van der Waals surface area contributed by atoms with Crippen LogP contribution >= 0.6 is 34.8 Å². The average Bonchev–Trinajstić information content (AvgIpc) is 2.30. The largest absolute Gasteiger partial charge is 0.239 e. The lowest BCUT2D eigenvalue weighted by atomic mass is 10.1. The van der Waals surface area contributed by atoms with Crippen LogP contribution < -0.4 is 0 Å². The molecule has 0 fully saturated rings. The van der Waals surface area contributed by atoms with Crippen molar-refractivity contribution in [3.8, 4) is 11.1 Å². The van der Waals surface area contributed by atoms with Gasteiger partial charge in [0.15, 0.2) is 0 Å². The molecule has 0 unspecified atom stereocenters. The maximum atomic E-state index is 6.07. The van der Waals surface area contributed by atoms with Gasteiger partial charge >= 0.3 is 0 Å². The fraction of sp³-hybridized carbons (Fsp3) is 0.0909. The van der Waals surface area contributed by atoms with Crippen LogP contribution in [0.15, 0.2) is 30.6 Å². The van der Waals surface area contributed by atoms with E-state index in [1.807, 2.05) is 0 Å². The van der Waals surface area contributed by atoms with E-state index in [4.69, 9.17) is 34.8 Å². The summed E-state index contributed by atoms with van der Waals surface area (Å²) in [7, 11) is 0. The first-order valence-electron chi connectivity index (χ1n) is 4.53. The van der Waals surface area contributed by atoms with Crippen molar-refractivity contribution in [1.82, 2.24) is 9.97 Å². The normalized spacial score (nSPS) is 10.4. The number of hydrogen-bond acceptors (Lipinski definition) is 2. The van der Waals surface area contributed by atoms with Crippen molar-refractivity contribution in [3.63, 3.8) is 0 Å². The Morgan fingerprint density at radius 3 is 2.06 bits per heavy atom. The van der Waals surface area contributed by atoms with Crippen LogP contribution in [0.25, 0.3) is 11.1 Å². The highest BCUT2D eigenvalue weighted by Gasteiger charge is 2.08. The van der Waals surface area contributed by atoms with Gasteiger partial charge in [0.25, 0.3) is 0 Å². The molecule has 1 heterocycles. The van der Waals surface area contributed by atoms with Crippen LogP contribution in [0, 0.1) is 0 Å². The van der Waals surface area contributed by atoms with Crippen LogP contribution in [-0.4, -0.2) is 9.97 Å². The van der Waals surface area contributed by atoms with Crippen molar-refractivity contribution >= 4 is 34.8 Å². The molecule has 0 atom stereocenters. The first kappa shape index (κ1) is 11.6. The lowest BCUT2D eigenvalue weighted by Gasteiger charge is -2.06. The predicted molar refractivity (Wildman–Crippen MR) is 67.0 cm³/mol. The van der Waals surface area contributed by atoms with Crippen molar-refractivity contribution in [3.05, 3.63) is 46.5 Å². The predicted octanol–water partition coefficient (Wildman–Crippen LogP) is 4.19. The fourth-order valence-corrected chi connectivity index (χ4v) is 2.08. The number of hydrogen-bond donors (Lipinski definition) is 0. The smallest absolute Gasteiger partial charge is 0.142 e. The van der Waals surface area contributed by atoms with E-state index in [2.05, 4.69) is 9.97 Å². The Morgan fingerprint density at radius 1 is 1.00 bits per heavy atom. The van der Waals surface area contributed by atoms with Crippen LogP contribution in [0.5, 0.6) is 0 Å². The summed E-state index contributed by atoms with van der Waals surface area (Å²) in [5.74, 6) is 0.866. The van der Waals surface area contributed by atoms with Gasteiger partial charge in [-0.25, -0.2) is 9.97 Å². The number of benzene rings is 1. The van der Waals surface area contributed by atoms with E-state index in [0.29, 0.717) is 15.9 Å². The van der Waals surface area contributed by atoms with Gasteiger partial charge in [-0.2, -0.15) is 0 Å². The topological polar surface area (TPSA) is 25.8 Å². The molecule has 2 aromatic rings. The van der Waals surface area contributed by atoms with Crippen LogP contribution in [0.3, 0.4) is 0 Å². The van der Waals surface area contributed by atoms with Gasteiger partial charge in [0.1, 0.15) is 5.82 Å². The second-order valence-electron chi connectivity index (χ2n) is 3.12. The highest BCUT2D eigenvalue weighted by molar-refractivity contribution is 6.39. The summed E-state index contributed by atoms with van der Waals surface area (Å²) in [6.07, 6.45) is 3.33. The van der Waals surface area contributed by atoms with Gasteiger partial charge in [-0.1, -0.05) is 29.3 Å². The first-order chi connectivity index (χ1) is 7.72. The van der Waals surface area contributed by atoms with Gasteiger partial charge in [-0.15, -0.1) is 11.6 Å². The molecule has 0 aliphatic rings. The van der Waals surface area contributed by atoms with Crippen molar-refractivity contribution in [2.45, 2.75) is 5.88 Å². The van der Waals surface area contributed by atoms with E-state index in [9.17, 15) is 0 Å². The zero-order valence-electron chi connectivity index (χ0n) is 8.12. The number of halogens is 3. The van der Waals surface area contributed by atoms with Crippen molar-refractivity contribution in [1.29, 1.82) is 0 Å². The van der Waals surface area contributed by atoms with E-state index in [0.717, 1.165) is 11.1 Å². The summed E-state index contributed by atoms with van der Waals surface area (Å²) < 4.78 is 0. The molecule has 1 aromatic heterocycles. The fourth-order valence-electron chi connectivity index (χ4n) is 1.33. The summed E-state index contributed by atoms with van der Waals surface area (Å²) in [6.45, 7) is 0. The van der Waals surface area contributed by atoms with Gasteiger partial charge in [0.2, 0.25) is 0 Å². The molecule has 0 radical (unpaired) electrons. The summed E-state index contributed by atoms with van der Waals surface area (Å²) in [5, 5.41) is 1.16. The molecule has 0 amide bonds. The molecule has 0 N–H and O–H groups in total. The van der Waals surface area contributed by atoms with Crippen LogP contribution in [0.2, 0.25) is 10.0 Å². The monoisotopic (exact) mass is 272 g/mol. The van der Waals surface area contributed by atoms with Gasteiger partial charge in [-0.05, 0) is 12.1 Å². The third-order valence-electron chi connectivity index (χ3n) is 2.08. The quantitative estimate of drug-likeness (QED) is 0.767. The molecule has 0 saturated carbocycles. The van der Waals surface area contributed by atoms with Gasteiger partial charge in [-0.3, -0.25) is 0 Å². The molecule has 16 heavy (non-hydrogen) atoms. The summed E-state index contributed by atoms with van der Waals surface area (Å²) >= 11 is 17.8. The Labute approximate surface area is 108 Å². The molecule has 0 spiro atoms. The molecular formula is C11H7Cl3N2. The standard InChI is InChI=1S/C11H7Cl3N2/c12-4-10-15-5-7(6-16-10)11-8(13)2-1-3-9(11)14/h1-3,5-6H,4H2. The maximum Gasteiger partial charge on any atom is 0.142 e. The van der Waals surface area contributed by atoms with Crippen molar-refractivity contribution in [2.24, 2.45) is 0 Å². The Hall–Kier alpha value is -0.830. The molecular weight excluding hydrogens is 266 g/mol. The van der Waals surface area contributed by atoms with Crippen molar-refractivity contribution in [2.75, 3.05) is 0 Å². The van der Waals surface area contributed by atoms with Gasteiger partial charge in [0, 0.05) is 23.5 Å². The summed E-state index contributed by atoms with van der Waals surface area (Å²) in [5.41, 5.74) is 1.52. The third-order valence-corrected chi connectivity index (χ3v) is 2.95. The number of alkyl halides is 1. The molecule has 0 saturated heterocycles. The zero-order valence-corrected chi connectivity index (χ0v) is 10.4. The lowest BCUT2D eigenvalue weighted by Crippen LogP contribution is -1.91. The summed E-state index contributed by atoms with van der Waals surface area (Å²) in [6, 6.07) is 5.35. The van der Waals surface area contributed by atoms with Crippen LogP contribution in [0.1, 0.15) is 5.82 Å². The lowest BCUT2D eigenvalue weighted by molar-refractivity contribution is 1.03. The van der Waals surface area contributed by atoms with E-state index in [1.54, 1.807) is 30.6 Å². The SMILES string of the molecule is ClCc1ncc(-c2c(Cl)cccc2Cl)cn1. The van der Waals surface area contributed by atoms with E-state index < -0.39 is 0 Å². The minimum absolute atomic E-state index is 0.288. The number of rotatable bonds is 2. The number of nitrogens with zero attached hydrogens (tertiary/aromatic N) is 2. The van der Waals surface area contributed by atoms with E-state index in [-0.39, 0.29) is 5.88 Å². The molecule has 2 nitrogen and oxygen atoms in total. The molecule has 2 rings (SSSR count). The molecule has 0 aliphatic carbocycles. The molecule has 1 aromatic carbocycles. The Balaban J connectivity index is 2.50. The molecule has 82 valence electrons. The maximum absolute atomic E-state index is 6.07. The summed E-state index contributed by atoms with van der Waals surface area (Å²) in [4.78, 5) is 8.19. The highest BCUT2D eigenvalue weighted by Crippen LogP contribution is 2.33. The Kier molecular flexibility index (Phi) is 3.64. The van der Waals surface area contributed by atoms with Crippen molar-refractivity contribution < 1.29 is 0 Å². The van der Waals surface area contributed by atoms with E-state index in [1.165, 1.54) is 0 Å². The number of aromatic nitrogens is 2. The van der Waals surface area contributed by atoms with Crippen LogP contribution in [-0.2, 0) is 5.88 Å². The third kappa shape index (κ3) is 2.29. The van der Waals surface area contributed by atoms with Gasteiger partial charge < -0.3 is 0 Å². The minimum Gasteiger partial charge on any atom is -0.239 e. The second-order valence-corrected chi connectivity index (χ2v) is 4.20. The Morgan fingerprint density at radius 2 is 1.56 bits per heavy atom. The first-order valence-corrected chi connectivity index (χ1v) is 5.82. The minimum atomic E-state index is 0.288. The molecule has 0 aliphatic heterocycles. The zero-order chi connectivity index (χ0) is 11.5. The molecule has 0 bridgehead atoms. The van der Waals surface area contributed by atoms with Gasteiger partial charge in [0.05, 0.1) is 15.9 Å². The highest BCUT2D eigenvalue weighted by atomic mass is 35.5. The Bertz CT molecular complexity index is 477.